The van der Waals surface area contributed by atoms with E-state index in [0.717, 1.165) is 12.1 Å². The summed E-state index contributed by atoms with van der Waals surface area (Å²) in [5.74, 6) is 0. The summed E-state index contributed by atoms with van der Waals surface area (Å²) in [6.07, 6.45) is -4.23. The molecule has 1 aromatic carbocycles. The molecule has 150 valence electrons. The molecule has 1 heterocycles. The van der Waals surface area contributed by atoms with E-state index < -0.39 is 31.3 Å². The number of aryl methyl sites for hydroxylation is 1. The van der Waals surface area contributed by atoms with Gasteiger partial charge in [0.2, 0.25) is 0 Å². The van der Waals surface area contributed by atoms with E-state index in [1.807, 2.05) is 4.98 Å². The van der Waals surface area contributed by atoms with E-state index in [1.54, 1.807) is 0 Å². The molecule has 0 atom stereocenters. The van der Waals surface area contributed by atoms with Crippen LogP contribution in [0.3, 0.4) is 0 Å². The minimum Gasteiger partial charge on any atom is -0.417 e. The van der Waals surface area contributed by atoms with Crippen LogP contribution in [0.5, 0.6) is 0 Å². The molecule has 0 saturated carbocycles. The molecule has 0 unspecified atom stereocenters. The van der Waals surface area contributed by atoms with Crippen LogP contribution >= 0.6 is 0 Å². The van der Waals surface area contributed by atoms with E-state index in [9.17, 15) is 22.8 Å². The zero-order valence-electron chi connectivity index (χ0n) is 16.1. The van der Waals surface area contributed by atoms with Gasteiger partial charge in [0, 0.05) is 6.61 Å². The van der Waals surface area contributed by atoms with Gasteiger partial charge in [0.15, 0.2) is 8.32 Å². The molecule has 0 amide bonds. The van der Waals surface area contributed by atoms with Crippen molar-refractivity contribution in [1.29, 1.82) is 0 Å². The Balaban J connectivity index is 2.36. The molecule has 0 bridgehead atoms. The van der Waals surface area contributed by atoms with E-state index in [0.29, 0.717) is 13.0 Å². The molecular formula is C18H25F3N2O3Si. The first-order chi connectivity index (χ1) is 12.2. The highest BCUT2D eigenvalue weighted by atomic mass is 28.4. The predicted octanol–water partition coefficient (Wildman–Crippen LogP) is 4.19. The average molecular weight is 402 g/mol. The number of alkyl halides is 3. The third-order valence-electron chi connectivity index (χ3n) is 5.16. The fourth-order valence-corrected chi connectivity index (χ4v) is 3.74. The van der Waals surface area contributed by atoms with E-state index in [-0.39, 0.29) is 27.9 Å². The lowest BCUT2D eigenvalue weighted by Gasteiger charge is -2.36. The maximum atomic E-state index is 13.4. The van der Waals surface area contributed by atoms with Crippen molar-refractivity contribution in [2.45, 2.75) is 57.9 Å². The van der Waals surface area contributed by atoms with Crippen LogP contribution in [0, 0.1) is 0 Å². The first kappa shape index (κ1) is 21.4. The fraction of sp³-hybridized carbons (Fsp3) is 0.556. The number of hydrogen-bond acceptors (Lipinski definition) is 3. The summed E-state index contributed by atoms with van der Waals surface area (Å²) in [5.41, 5.74) is -2.45. The lowest BCUT2D eigenvalue weighted by Crippen LogP contribution is -2.41. The number of hydrogen-bond donors (Lipinski definition) is 2. The second-order valence-electron chi connectivity index (χ2n) is 8.13. The van der Waals surface area contributed by atoms with Gasteiger partial charge in [0.05, 0.1) is 16.5 Å². The Kier molecular flexibility index (Phi) is 5.77. The molecular weight excluding hydrogens is 377 g/mol. The van der Waals surface area contributed by atoms with Crippen molar-refractivity contribution in [1.82, 2.24) is 9.97 Å². The normalized spacial score (nSPS) is 13.3. The molecule has 2 N–H and O–H groups in total. The molecule has 0 aliphatic carbocycles. The highest BCUT2D eigenvalue weighted by Crippen LogP contribution is 2.37. The van der Waals surface area contributed by atoms with E-state index >= 15 is 0 Å². The van der Waals surface area contributed by atoms with Crippen LogP contribution in [-0.2, 0) is 17.0 Å². The Hall–Kier alpha value is -1.87. The number of aromatic amines is 2. The number of H-pyrrole nitrogens is 2. The van der Waals surface area contributed by atoms with Crippen LogP contribution in [0.2, 0.25) is 18.1 Å². The third-order valence-corrected chi connectivity index (χ3v) is 9.70. The standard InChI is InChI=1S/C18H25F3N2O3Si/c1-17(2,3)27(4,5)26-10-6-7-11-12(18(19,20)21)8-9-13-14(11)15(24)23-16(25)22-13/h8-9H,6-7,10H2,1-5H3,(H2,22,23,24,25). The quantitative estimate of drug-likeness (QED) is 0.582. The summed E-state index contributed by atoms with van der Waals surface area (Å²) in [5, 5.41) is -0.128. The van der Waals surface area contributed by atoms with Gasteiger partial charge in [0.1, 0.15) is 0 Å². The van der Waals surface area contributed by atoms with Crippen molar-refractivity contribution in [3.63, 3.8) is 0 Å². The van der Waals surface area contributed by atoms with Crippen LogP contribution in [0.4, 0.5) is 13.2 Å². The lowest BCUT2D eigenvalue weighted by molar-refractivity contribution is -0.138. The second-order valence-corrected chi connectivity index (χ2v) is 12.9. The topological polar surface area (TPSA) is 75.0 Å². The Morgan fingerprint density at radius 2 is 1.70 bits per heavy atom. The summed E-state index contributed by atoms with van der Waals surface area (Å²) in [4.78, 5) is 28.0. The minimum atomic E-state index is -4.59. The monoisotopic (exact) mass is 402 g/mol. The Bertz CT molecular complexity index is 940. The first-order valence-corrected chi connectivity index (χ1v) is 11.6. The van der Waals surface area contributed by atoms with Crippen LogP contribution in [0.25, 0.3) is 10.9 Å². The first-order valence-electron chi connectivity index (χ1n) is 8.73. The molecule has 1 aromatic heterocycles. The minimum absolute atomic E-state index is 0.000207. The maximum absolute atomic E-state index is 13.4. The zero-order chi connectivity index (χ0) is 20.6. The maximum Gasteiger partial charge on any atom is 0.416 e. The van der Waals surface area contributed by atoms with Gasteiger partial charge >= 0.3 is 11.9 Å². The number of benzene rings is 1. The van der Waals surface area contributed by atoms with Crippen LogP contribution in [-0.4, -0.2) is 24.9 Å². The van der Waals surface area contributed by atoms with Crippen molar-refractivity contribution in [3.05, 3.63) is 44.1 Å². The van der Waals surface area contributed by atoms with Crippen molar-refractivity contribution in [3.8, 4) is 0 Å². The van der Waals surface area contributed by atoms with E-state index in [4.69, 9.17) is 4.43 Å². The smallest absolute Gasteiger partial charge is 0.416 e. The summed E-state index contributed by atoms with van der Waals surface area (Å²) < 4.78 is 46.3. The molecule has 0 fully saturated rings. The molecule has 0 saturated heterocycles. The number of nitrogens with one attached hydrogen (secondary N) is 2. The van der Waals surface area contributed by atoms with Gasteiger partial charge in [-0.1, -0.05) is 20.8 Å². The fourth-order valence-electron chi connectivity index (χ4n) is 2.65. The van der Waals surface area contributed by atoms with Crippen molar-refractivity contribution >= 4 is 19.2 Å². The van der Waals surface area contributed by atoms with Gasteiger partial charge in [-0.15, -0.1) is 0 Å². The molecule has 9 heteroatoms. The van der Waals surface area contributed by atoms with Crippen LogP contribution in [0.1, 0.15) is 38.3 Å². The second kappa shape index (κ2) is 7.27. The summed E-state index contributed by atoms with van der Waals surface area (Å²) in [6, 6.07) is 2.02. The predicted molar refractivity (Wildman–Crippen MR) is 102 cm³/mol. The molecule has 0 aliphatic rings. The summed E-state index contributed by atoms with van der Waals surface area (Å²) >= 11 is 0. The van der Waals surface area contributed by atoms with Crippen molar-refractivity contribution in [2.75, 3.05) is 6.61 Å². The number of fused-ring (bicyclic) bond motifs is 1. The van der Waals surface area contributed by atoms with Gasteiger partial charge in [-0.2, -0.15) is 13.2 Å². The summed E-state index contributed by atoms with van der Waals surface area (Å²) in [6.45, 7) is 10.7. The molecule has 2 aromatic rings. The Morgan fingerprint density at radius 3 is 2.26 bits per heavy atom. The Labute approximate surface area is 156 Å². The average Bonchev–Trinajstić information content (AvgIpc) is 2.48. The highest BCUT2D eigenvalue weighted by Gasteiger charge is 2.37. The molecule has 0 spiro atoms. The van der Waals surface area contributed by atoms with Gasteiger partial charge in [-0.25, -0.2) is 4.79 Å². The van der Waals surface area contributed by atoms with Gasteiger partial charge < -0.3 is 9.41 Å². The lowest BCUT2D eigenvalue weighted by atomic mass is 9.98. The number of aromatic nitrogens is 2. The summed E-state index contributed by atoms with van der Waals surface area (Å²) in [7, 11) is -2.00. The van der Waals surface area contributed by atoms with Crippen LogP contribution in [0.15, 0.2) is 21.7 Å². The molecule has 0 radical (unpaired) electrons. The van der Waals surface area contributed by atoms with Crippen molar-refractivity contribution in [2.24, 2.45) is 0 Å². The number of rotatable bonds is 5. The van der Waals surface area contributed by atoms with Crippen molar-refractivity contribution < 1.29 is 17.6 Å². The van der Waals surface area contributed by atoms with E-state index in [2.05, 4.69) is 38.8 Å². The number of halogens is 3. The van der Waals surface area contributed by atoms with E-state index in [1.165, 1.54) is 0 Å². The highest BCUT2D eigenvalue weighted by molar-refractivity contribution is 6.74. The SMILES string of the molecule is CC(C)(C)[Si](C)(C)OCCCc1c(C(F)(F)F)ccc2[nH]c(=O)[nH]c(=O)c12. The third kappa shape index (κ3) is 4.70. The zero-order valence-corrected chi connectivity index (χ0v) is 17.1. The van der Waals surface area contributed by atoms with Gasteiger partial charge in [0.25, 0.3) is 5.56 Å². The molecule has 0 aliphatic heterocycles. The molecule has 27 heavy (non-hydrogen) atoms. The molecule has 5 nitrogen and oxygen atoms in total. The van der Waals surface area contributed by atoms with Crippen LogP contribution < -0.4 is 11.2 Å². The Morgan fingerprint density at radius 1 is 1.07 bits per heavy atom. The van der Waals surface area contributed by atoms with Gasteiger partial charge in [-0.05, 0) is 48.7 Å². The largest absolute Gasteiger partial charge is 0.417 e. The molecule has 2 rings (SSSR count). The van der Waals surface area contributed by atoms with Gasteiger partial charge in [-0.3, -0.25) is 9.78 Å².